The number of halogens is 1. The quantitative estimate of drug-likeness (QED) is 0.900. The molecule has 1 heterocycles. The predicted molar refractivity (Wildman–Crippen MR) is 95.8 cm³/mol. The lowest BCUT2D eigenvalue weighted by molar-refractivity contribution is -0.933. The van der Waals surface area contributed by atoms with E-state index in [0.717, 1.165) is 13.1 Å². The van der Waals surface area contributed by atoms with Crippen LogP contribution in [-0.2, 0) is 10.0 Å². The van der Waals surface area contributed by atoms with Gasteiger partial charge in [0.05, 0.1) is 31.1 Å². The molecule has 0 aliphatic carbocycles. The minimum absolute atomic E-state index is 0.273. The van der Waals surface area contributed by atoms with Crippen molar-refractivity contribution in [3.63, 3.8) is 0 Å². The standard InChI is InChI=1S/C18H21ClN2O2S/c1-15(16-6-3-2-4-7-16)20-10-12-21(13-11-20)24(22,23)18-9-5-8-17(19)14-18/h2-9,14-15H,10-13H2,1H3/p+1/t15-/m0/s1. The van der Waals surface area contributed by atoms with Gasteiger partial charge < -0.3 is 4.90 Å². The van der Waals surface area contributed by atoms with Gasteiger partial charge in [0, 0.05) is 10.6 Å². The van der Waals surface area contributed by atoms with Crippen molar-refractivity contribution in [1.29, 1.82) is 0 Å². The van der Waals surface area contributed by atoms with Crippen LogP contribution in [0.5, 0.6) is 0 Å². The molecule has 0 unspecified atom stereocenters. The summed E-state index contributed by atoms with van der Waals surface area (Å²) in [6, 6.07) is 17.2. The SMILES string of the molecule is C[C@@H](c1ccccc1)[NH+]1CCN(S(=O)(=O)c2cccc(Cl)c2)CC1. The highest BCUT2D eigenvalue weighted by atomic mass is 35.5. The Bertz CT molecular complexity index is 788. The van der Waals surface area contributed by atoms with Gasteiger partial charge in [-0.2, -0.15) is 4.31 Å². The van der Waals surface area contributed by atoms with Gasteiger partial charge in [-0.3, -0.25) is 0 Å². The Morgan fingerprint density at radius 2 is 1.71 bits per heavy atom. The number of hydrogen-bond acceptors (Lipinski definition) is 2. The fraction of sp³-hybridized carbons (Fsp3) is 0.333. The van der Waals surface area contributed by atoms with Gasteiger partial charge in [-0.05, 0) is 25.1 Å². The summed E-state index contributed by atoms with van der Waals surface area (Å²) >= 11 is 5.94. The number of piperazine rings is 1. The molecule has 1 atom stereocenters. The van der Waals surface area contributed by atoms with Crippen LogP contribution in [0.3, 0.4) is 0 Å². The van der Waals surface area contributed by atoms with E-state index >= 15 is 0 Å². The molecule has 0 amide bonds. The van der Waals surface area contributed by atoms with Crippen LogP contribution < -0.4 is 4.90 Å². The third-order valence-electron chi connectivity index (χ3n) is 4.71. The molecule has 0 radical (unpaired) electrons. The molecule has 1 aliphatic heterocycles. The summed E-state index contributed by atoms with van der Waals surface area (Å²) in [6.45, 7) is 4.86. The second kappa shape index (κ2) is 7.23. The van der Waals surface area contributed by atoms with Crippen molar-refractivity contribution in [1.82, 2.24) is 4.31 Å². The second-order valence-electron chi connectivity index (χ2n) is 6.15. The largest absolute Gasteiger partial charge is 0.327 e. The molecule has 1 fully saturated rings. The Morgan fingerprint density at radius 1 is 1.04 bits per heavy atom. The lowest BCUT2D eigenvalue weighted by Crippen LogP contribution is -3.14. The minimum atomic E-state index is -3.46. The average molecular weight is 366 g/mol. The minimum Gasteiger partial charge on any atom is -0.327 e. The molecule has 4 nitrogen and oxygen atoms in total. The Kier molecular flexibility index (Phi) is 5.25. The highest BCUT2D eigenvalue weighted by Gasteiger charge is 2.32. The van der Waals surface area contributed by atoms with Gasteiger partial charge in [0.25, 0.3) is 0 Å². The monoisotopic (exact) mass is 365 g/mol. The van der Waals surface area contributed by atoms with E-state index in [2.05, 4.69) is 19.1 Å². The van der Waals surface area contributed by atoms with Gasteiger partial charge in [0.15, 0.2) is 0 Å². The molecule has 128 valence electrons. The number of hydrogen-bond donors (Lipinski definition) is 1. The van der Waals surface area contributed by atoms with Crippen LogP contribution in [0.4, 0.5) is 0 Å². The lowest BCUT2D eigenvalue weighted by Gasteiger charge is -2.35. The Hall–Kier alpha value is -1.40. The van der Waals surface area contributed by atoms with Gasteiger partial charge in [0.1, 0.15) is 6.04 Å². The first-order chi connectivity index (χ1) is 11.5. The van der Waals surface area contributed by atoms with Gasteiger partial charge in [-0.15, -0.1) is 0 Å². The van der Waals surface area contributed by atoms with E-state index in [9.17, 15) is 8.42 Å². The van der Waals surface area contributed by atoms with Gasteiger partial charge in [-0.25, -0.2) is 8.42 Å². The first kappa shape index (κ1) is 17.4. The van der Waals surface area contributed by atoms with Crippen LogP contribution in [0.15, 0.2) is 59.5 Å². The zero-order valence-corrected chi connectivity index (χ0v) is 15.2. The molecular formula is C18H22ClN2O2S+. The summed E-state index contributed by atoms with van der Waals surface area (Å²) in [5.74, 6) is 0. The summed E-state index contributed by atoms with van der Waals surface area (Å²) in [5.41, 5.74) is 1.29. The predicted octanol–water partition coefficient (Wildman–Crippen LogP) is 1.99. The zero-order valence-electron chi connectivity index (χ0n) is 13.7. The molecule has 3 rings (SSSR count). The van der Waals surface area contributed by atoms with E-state index in [1.807, 2.05) is 18.2 Å². The maximum Gasteiger partial charge on any atom is 0.243 e. The zero-order chi connectivity index (χ0) is 17.2. The molecular weight excluding hydrogens is 344 g/mol. The smallest absolute Gasteiger partial charge is 0.243 e. The number of rotatable bonds is 4. The molecule has 24 heavy (non-hydrogen) atoms. The summed E-state index contributed by atoms with van der Waals surface area (Å²) in [7, 11) is -3.46. The van der Waals surface area contributed by atoms with Crippen molar-refractivity contribution in [2.45, 2.75) is 17.9 Å². The third-order valence-corrected chi connectivity index (χ3v) is 6.84. The molecule has 0 aromatic heterocycles. The molecule has 2 aromatic rings. The van der Waals surface area contributed by atoms with E-state index in [0.29, 0.717) is 24.2 Å². The van der Waals surface area contributed by atoms with Crippen molar-refractivity contribution in [2.75, 3.05) is 26.2 Å². The molecule has 1 N–H and O–H groups in total. The number of quaternary nitrogens is 1. The molecule has 6 heteroatoms. The Balaban J connectivity index is 1.69. The molecule has 1 aliphatic rings. The first-order valence-electron chi connectivity index (χ1n) is 8.14. The van der Waals surface area contributed by atoms with E-state index in [-0.39, 0.29) is 4.90 Å². The third kappa shape index (κ3) is 3.64. The second-order valence-corrected chi connectivity index (χ2v) is 8.53. The van der Waals surface area contributed by atoms with Crippen molar-refractivity contribution in [3.8, 4) is 0 Å². The number of sulfonamides is 1. The number of benzene rings is 2. The highest BCUT2D eigenvalue weighted by Crippen LogP contribution is 2.20. The summed E-state index contributed by atoms with van der Waals surface area (Å²) in [4.78, 5) is 1.69. The van der Waals surface area contributed by atoms with Gasteiger partial charge in [-0.1, -0.05) is 48.0 Å². The van der Waals surface area contributed by atoms with Gasteiger partial charge >= 0.3 is 0 Å². The van der Waals surface area contributed by atoms with Crippen LogP contribution in [0, 0.1) is 0 Å². The van der Waals surface area contributed by atoms with Crippen molar-refractivity contribution in [3.05, 3.63) is 65.2 Å². The van der Waals surface area contributed by atoms with E-state index < -0.39 is 10.0 Å². The lowest BCUT2D eigenvalue weighted by atomic mass is 10.1. The number of nitrogens with one attached hydrogen (secondary N) is 1. The van der Waals surface area contributed by atoms with Crippen molar-refractivity contribution >= 4 is 21.6 Å². The topological polar surface area (TPSA) is 41.8 Å². The summed E-state index contributed by atoms with van der Waals surface area (Å²) in [5, 5.41) is 0.443. The summed E-state index contributed by atoms with van der Waals surface area (Å²) in [6.07, 6.45) is 0. The van der Waals surface area contributed by atoms with E-state index in [4.69, 9.17) is 11.6 Å². The van der Waals surface area contributed by atoms with Crippen LogP contribution >= 0.6 is 11.6 Å². The first-order valence-corrected chi connectivity index (χ1v) is 9.95. The molecule has 2 aromatic carbocycles. The van der Waals surface area contributed by atoms with Crippen LogP contribution in [-0.4, -0.2) is 38.9 Å². The van der Waals surface area contributed by atoms with Crippen molar-refractivity contribution in [2.24, 2.45) is 0 Å². The van der Waals surface area contributed by atoms with E-state index in [1.54, 1.807) is 22.5 Å². The number of nitrogens with zero attached hydrogens (tertiary/aromatic N) is 1. The molecule has 1 saturated heterocycles. The van der Waals surface area contributed by atoms with Crippen LogP contribution in [0.1, 0.15) is 18.5 Å². The Labute approximate surface area is 148 Å². The van der Waals surface area contributed by atoms with Gasteiger partial charge in [0.2, 0.25) is 10.0 Å². The molecule has 0 bridgehead atoms. The summed E-state index contributed by atoms with van der Waals surface area (Å²) < 4.78 is 27.1. The molecule has 0 spiro atoms. The molecule has 0 saturated carbocycles. The van der Waals surface area contributed by atoms with Crippen LogP contribution in [0.2, 0.25) is 5.02 Å². The maximum absolute atomic E-state index is 12.7. The maximum atomic E-state index is 12.7. The van der Waals surface area contributed by atoms with Crippen LogP contribution in [0.25, 0.3) is 0 Å². The Morgan fingerprint density at radius 3 is 2.33 bits per heavy atom. The normalized spacial score (nSPS) is 18.4. The van der Waals surface area contributed by atoms with E-state index in [1.165, 1.54) is 16.5 Å². The fourth-order valence-electron chi connectivity index (χ4n) is 3.20. The highest BCUT2D eigenvalue weighted by molar-refractivity contribution is 7.89. The fourth-order valence-corrected chi connectivity index (χ4v) is 4.94. The van der Waals surface area contributed by atoms with Crippen molar-refractivity contribution < 1.29 is 13.3 Å². The average Bonchev–Trinajstić information content (AvgIpc) is 2.62.